The van der Waals surface area contributed by atoms with Crippen LogP contribution in [0.1, 0.15) is 24.0 Å². The molecule has 1 saturated heterocycles. The lowest BCUT2D eigenvalue weighted by Gasteiger charge is -2.36. The molecule has 0 aliphatic carbocycles. The smallest absolute Gasteiger partial charge is 0.317 e. The van der Waals surface area contributed by atoms with Crippen LogP contribution >= 0.6 is 11.3 Å². The molecule has 2 aliphatic heterocycles. The first-order valence-corrected chi connectivity index (χ1v) is 12.7. The van der Waals surface area contributed by atoms with Crippen LogP contribution in [0.25, 0.3) is 14.9 Å². The molecule has 0 unspecified atom stereocenters. The van der Waals surface area contributed by atoms with Crippen LogP contribution < -0.4 is 20.7 Å². The Morgan fingerprint density at radius 3 is 2.88 bits per heavy atom. The number of carbonyl (C=O) groups excluding carboxylic acids is 1. The van der Waals surface area contributed by atoms with Gasteiger partial charge in [0, 0.05) is 43.7 Å². The number of para-hydroxylation sites is 1. The van der Waals surface area contributed by atoms with Crippen molar-refractivity contribution in [1.29, 1.82) is 0 Å². The molecule has 1 aromatic heterocycles. The molecule has 5 rings (SSSR count). The Labute approximate surface area is 203 Å². The third kappa shape index (κ3) is 5.27. The van der Waals surface area contributed by atoms with E-state index in [1.54, 1.807) is 0 Å². The second kappa shape index (κ2) is 10.3. The highest BCUT2D eigenvalue weighted by Gasteiger charge is 2.23. The van der Waals surface area contributed by atoms with E-state index in [-0.39, 0.29) is 0 Å². The molecule has 1 fully saturated rings. The SMILES string of the molecule is NC(=O)Nc1cc2cc(C#[N+]CCCCN3CCN(c4cccc5c4OCC5)CC3)ccc2s1. The lowest BCUT2D eigenvalue weighted by Crippen LogP contribution is -2.46. The van der Waals surface area contributed by atoms with Crippen molar-refractivity contribution in [3.8, 4) is 11.8 Å². The van der Waals surface area contributed by atoms with E-state index in [9.17, 15) is 4.79 Å². The van der Waals surface area contributed by atoms with Crippen LogP contribution in [0.5, 0.6) is 5.75 Å². The number of carbonyl (C=O) groups is 1. The number of unbranched alkanes of at least 4 members (excludes halogenated alkanes) is 1. The number of urea groups is 1. The molecule has 3 N–H and O–H groups in total. The Hall–Kier alpha value is -3.28. The summed E-state index contributed by atoms with van der Waals surface area (Å²) in [7, 11) is 0. The minimum atomic E-state index is -0.546. The summed E-state index contributed by atoms with van der Waals surface area (Å²) in [5.74, 6) is 1.10. The van der Waals surface area contributed by atoms with Gasteiger partial charge in [0.05, 0.1) is 17.3 Å². The monoisotopic (exact) mass is 476 g/mol. The van der Waals surface area contributed by atoms with Crippen molar-refractivity contribution in [2.24, 2.45) is 5.73 Å². The first-order valence-electron chi connectivity index (χ1n) is 11.9. The molecule has 176 valence electrons. The fourth-order valence-electron chi connectivity index (χ4n) is 4.63. The second-order valence-electron chi connectivity index (χ2n) is 8.75. The summed E-state index contributed by atoms with van der Waals surface area (Å²) in [5, 5.41) is 4.43. The number of thiophene rings is 1. The molecular formula is C26H30N5O2S+. The van der Waals surface area contributed by atoms with E-state index in [4.69, 9.17) is 10.5 Å². The van der Waals surface area contributed by atoms with Crippen LogP contribution in [0.15, 0.2) is 42.5 Å². The average molecular weight is 477 g/mol. The number of benzene rings is 2. The Bertz CT molecular complexity index is 1240. The lowest BCUT2D eigenvalue weighted by atomic mass is 10.1. The molecule has 2 aliphatic rings. The molecular weight excluding hydrogens is 446 g/mol. The molecule has 7 nitrogen and oxygen atoms in total. The second-order valence-corrected chi connectivity index (χ2v) is 9.83. The van der Waals surface area contributed by atoms with Gasteiger partial charge < -0.3 is 15.4 Å². The fraction of sp³-hybridized carbons (Fsp3) is 0.385. The van der Waals surface area contributed by atoms with E-state index in [1.165, 1.54) is 22.6 Å². The molecule has 34 heavy (non-hydrogen) atoms. The van der Waals surface area contributed by atoms with Crippen molar-refractivity contribution < 1.29 is 9.53 Å². The first-order chi connectivity index (χ1) is 16.7. The Balaban J connectivity index is 1.04. The van der Waals surface area contributed by atoms with Crippen molar-refractivity contribution in [3.63, 3.8) is 0 Å². The third-order valence-electron chi connectivity index (χ3n) is 6.37. The maximum Gasteiger partial charge on any atom is 0.317 e. The number of nitrogens with zero attached hydrogens (tertiary/aromatic N) is 3. The summed E-state index contributed by atoms with van der Waals surface area (Å²) in [6, 6.07) is 17.1. The zero-order valence-corrected chi connectivity index (χ0v) is 20.1. The Morgan fingerprint density at radius 2 is 2.03 bits per heavy atom. The predicted octanol–water partition coefficient (Wildman–Crippen LogP) is 4.61. The van der Waals surface area contributed by atoms with Gasteiger partial charge in [-0.05, 0) is 54.2 Å². The maximum atomic E-state index is 11.0. The number of rotatable bonds is 6. The summed E-state index contributed by atoms with van der Waals surface area (Å²) in [5.41, 5.74) is 8.75. The highest BCUT2D eigenvalue weighted by atomic mass is 32.1. The van der Waals surface area contributed by atoms with E-state index in [0.717, 1.165) is 91.5 Å². The number of anilines is 2. The summed E-state index contributed by atoms with van der Waals surface area (Å²) >= 11 is 1.50. The number of hydrogen-bond donors (Lipinski definition) is 2. The number of nitrogens with two attached hydrogens (primary N) is 1. The van der Waals surface area contributed by atoms with Crippen molar-refractivity contribution in [1.82, 2.24) is 4.90 Å². The van der Waals surface area contributed by atoms with E-state index in [0.29, 0.717) is 0 Å². The third-order valence-corrected chi connectivity index (χ3v) is 7.40. The van der Waals surface area contributed by atoms with Crippen molar-refractivity contribution >= 4 is 38.1 Å². The number of fused-ring (bicyclic) bond motifs is 2. The van der Waals surface area contributed by atoms with E-state index in [2.05, 4.69) is 44.2 Å². The zero-order valence-electron chi connectivity index (χ0n) is 19.3. The number of piperazine rings is 1. The van der Waals surface area contributed by atoms with Gasteiger partial charge in [-0.25, -0.2) is 4.79 Å². The normalized spacial score (nSPS) is 15.5. The molecule has 3 heterocycles. The Kier molecular flexibility index (Phi) is 6.84. The van der Waals surface area contributed by atoms with Crippen molar-refractivity contribution in [2.75, 3.05) is 56.1 Å². The standard InChI is InChI=1S/C26H29N5O2S/c27-26(32)29-24-17-21-16-19(6-7-23(21)34-24)18-28-9-1-2-10-30-11-13-31(14-12-30)22-5-3-4-20-8-15-33-25(20)22/h3-7,16-17H,1-2,8-15H2,(H2-,27,29,32)/p+1. The van der Waals surface area contributed by atoms with Gasteiger partial charge in [0.1, 0.15) is 11.3 Å². The van der Waals surface area contributed by atoms with E-state index >= 15 is 0 Å². The molecule has 2 aromatic carbocycles. The van der Waals surface area contributed by atoms with Gasteiger partial charge in [-0.3, -0.25) is 10.2 Å². The number of primary amides is 1. The van der Waals surface area contributed by atoms with E-state index in [1.807, 2.05) is 24.3 Å². The molecule has 0 bridgehead atoms. The number of ether oxygens (including phenoxy) is 1. The van der Waals surface area contributed by atoms with Gasteiger partial charge in [0.15, 0.2) is 0 Å². The largest absolute Gasteiger partial charge is 0.491 e. The number of nitrogens with one attached hydrogen (secondary N) is 1. The molecule has 2 amide bonds. The number of amides is 2. The van der Waals surface area contributed by atoms with Crippen molar-refractivity contribution in [2.45, 2.75) is 19.3 Å². The average Bonchev–Trinajstić information content (AvgIpc) is 3.47. The molecule has 8 heteroatoms. The highest BCUT2D eigenvalue weighted by Crippen LogP contribution is 2.36. The quantitative estimate of drug-likeness (QED) is 0.510. The summed E-state index contributed by atoms with van der Waals surface area (Å²) in [4.78, 5) is 20.5. The van der Waals surface area contributed by atoms with Crippen LogP contribution in [0.3, 0.4) is 0 Å². The molecule has 0 spiro atoms. The van der Waals surface area contributed by atoms with Crippen LogP contribution in [0.4, 0.5) is 15.5 Å². The molecule has 3 aromatic rings. The Morgan fingerprint density at radius 1 is 1.15 bits per heavy atom. The lowest BCUT2D eigenvalue weighted by molar-refractivity contribution is 0.253. The molecule has 0 radical (unpaired) electrons. The van der Waals surface area contributed by atoms with Gasteiger partial charge in [-0.2, -0.15) is 0 Å². The summed E-state index contributed by atoms with van der Waals surface area (Å²) in [6.07, 6.45) is 3.22. The van der Waals surface area contributed by atoms with Crippen LogP contribution in [-0.4, -0.2) is 56.8 Å². The van der Waals surface area contributed by atoms with Gasteiger partial charge in [-0.1, -0.05) is 17.0 Å². The molecule has 0 saturated carbocycles. The van der Waals surface area contributed by atoms with E-state index < -0.39 is 6.03 Å². The summed E-state index contributed by atoms with van der Waals surface area (Å²) < 4.78 is 6.99. The summed E-state index contributed by atoms with van der Waals surface area (Å²) in [6.45, 7) is 6.98. The highest BCUT2D eigenvalue weighted by molar-refractivity contribution is 7.22. The minimum absolute atomic E-state index is 0.546. The van der Waals surface area contributed by atoms with Gasteiger partial charge in [0.2, 0.25) is 0 Å². The van der Waals surface area contributed by atoms with Gasteiger partial charge in [0.25, 0.3) is 6.54 Å². The maximum absolute atomic E-state index is 11.0. The van der Waals surface area contributed by atoms with Crippen LogP contribution in [0.2, 0.25) is 0 Å². The predicted molar refractivity (Wildman–Crippen MR) is 140 cm³/mol. The van der Waals surface area contributed by atoms with Gasteiger partial charge in [-0.15, -0.1) is 11.3 Å². The van der Waals surface area contributed by atoms with Crippen molar-refractivity contribution in [3.05, 3.63) is 58.4 Å². The van der Waals surface area contributed by atoms with Crippen LogP contribution in [-0.2, 0) is 6.42 Å². The fourth-order valence-corrected chi connectivity index (χ4v) is 5.57. The topological polar surface area (TPSA) is 75.2 Å². The minimum Gasteiger partial charge on any atom is -0.491 e. The van der Waals surface area contributed by atoms with Gasteiger partial charge >= 0.3 is 12.1 Å². The zero-order chi connectivity index (χ0) is 23.3. The first kappa shape index (κ1) is 22.5. The molecule has 0 atom stereocenters. The van der Waals surface area contributed by atoms with Crippen LogP contribution in [0, 0.1) is 6.07 Å². The number of hydrogen-bond acceptors (Lipinski definition) is 5.